The Morgan fingerprint density at radius 2 is 1.93 bits per heavy atom. The average molecular weight is 410 g/mol. The van der Waals surface area contributed by atoms with E-state index in [0.717, 1.165) is 38.4 Å². The number of tetrazole rings is 1. The maximum Gasteiger partial charge on any atom is 0.214 e. The number of rotatable bonds is 6. The molecule has 0 unspecified atom stereocenters. The monoisotopic (exact) mass is 409 g/mol. The Bertz CT molecular complexity index is 1090. The van der Waals surface area contributed by atoms with Gasteiger partial charge in [-0.2, -0.15) is 4.68 Å². The van der Waals surface area contributed by atoms with Crippen molar-refractivity contribution in [3.05, 3.63) is 64.7 Å². The molecule has 6 nitrogen and oxygen atoms in total. The van der Waals surface area contributed by atoms with Gasteiger partial charge in [0.15, 0.2) is 0 Å². The second-order valence-electron chi connectivity index (χ2n) is 6.32. The van der Waals surface area contributed by atoms with E-state index in [4.69, 9.17) is 9.72 Å². The number of nitrogens with zero attached hydrogens (tertiary/aromatic N) is 5. The smallest absolute Gasteiger partial charge is 0.214 e. The van der Waals surface area contributed by atoms with E-state index in [-0.39, 0.29) is 0 Å². The lowest BCUT2D eigenvalue weighted by molar-refractivity contribution is 0.415. The van der Waals surface area contributed by atoms with Crippen LogP contribution < -0.4 is 4.74 Å². The SMILES string of the molecule is COc1ccc(-c2nc(CSc3nnnn3-c3ccc(C)cc3C)cs2)cc1. The normalized spacial score (nSPS) is 11.0. The van der Waals surface area contributed by atoms with Gasteiger partial charge in [-0.1, -0.05) is 29.5 Å². The van der Waals surface area contributed by atoms with Crippen molar-refractivity contribution >= 4 is 23.1 Å². The first-order valence-electron chi connectivity index (χ1n) is 8.71. The van der Waals surface area contributed by atoms with Crippen LogP contribution in [0.15, 0.2) is 53.0 Å². The van der Waals surface area contributed by atoms with E-state index in [1.54, 1.807) is 34.9 Å². The van der Waals surface area contributed by atoms with Crippen LogP contribution in [-0.2, 0) is 5.75 Å². The minimum Gasteiger partial charge on any atom is -0.497 e. The molecule has 2 heterocycles. The first-order chi connectivity index (χ1) is 13.6. The third-order valence-electron chi connectivity index (χ3n) is 4.26. The van der Waals surface area contributed by atoms with E-state index in [1.165, 1.54) is 5.56 Å². The molecular formula is C20H19N5OS2. The molecule has 2 aromatic heterocycles. The molecule has 0 N–H and O–H groups in total. The third-order valence-corrected chi connectivity index (χ3v) is 6.15. The predicted molar refractivity (Wildman–Crippen MR) is 112 cm³/mol. The molecule has 0 aliphatic heterocycles. The molecular weight excluding hydrogens is 390 g/mol. The molecule has 4 rings (SSSR count). The molecule has 142 valence electrons. The van der Waals surface area contributed by atoms with Gasteiger partial charge in [0, 0.05) is 16.7 Å². The number of aromatic nitrogens is 5. The van der Waals surface area contributed by atoms with Crippen molar-refractivity contribution in [2.24, 2.45) is 0 Å². The lowest BCUT2D eigenvalue weighted by Gasteiger charge is -2.07. The van der Waals surface area contributed by atoms with E-state index in [9.17, 15) is 0 Å². The largest absolute Gasteiger partial charge is 0.497 e. The van der Waals surface area contributed by atoms with Crippen molar-refractivity contribution in [2.45, 2.75) is 24.8 Å². The van der Waals surface area contributed by atoms with Gasteiger partial charge in [0.05, 0.1) is 18.5 Å². The number of ether oxygens (including phenoxy) is 1. The number of thioether (sulfide) groups is 1. The quantitative estimate of drug-likeness (QED) is 0.430. The molecule has 2 aromatic carbocycles. The predicted octanol–water partition coefficient (Wildman–Crippen LogP) is 4.70. The topological polar surface area (TPSA) is 65.7 Å². The van der Waals surface area contributed by atoms with Crippen molar-refractivity contribution in [1.82, 2.24) is 25.2 Å². The van der Waals surface area contributed by atoms with E-state index < -0.39 is 0 Å². The zero-order valence-corrected chi connectivity index (χ0v) is 17.4. The zero-order valence-electron chi connectivity index (χ0n) is 15.8. The molecule has 4 aromatic rings. The lowest BCUT2D eigenvalue weighted by Crippen LogP contribution is -2.02. The van der Waals surface area contributed by atoms with Crippen LogP contribution in [-0.4, -0.2) is 32.3 Å². The summed E-state index contributed by atoms with van der Waals surface area (Å²) in [6, 6.07) is 14.2. The van der Waals surface area contributed by atoms with Crippen molar-refractivity contribution < 1.29 is 4.74 Å². The number of hydrogen-bond acceptors (Lipinski definition) is 7. The zero-order chi connectivity index (χ0) is 19.5. The molecule has 0 spiro atoms. The fourth-order valence-corrected chi connectivity index (χ4v) is 4.55. The van der Waals surface area contributed by atoms with Gasteiger partial charge in [-0.3, -0.25) is 0 Å². The van der Waals surface area contributed by atoms with Crippen LogP contribution in [0, 0.1) is 13.8 Å². The van der Waals surface area contributed by atoms with Crippen molar-refractivity contribution in [1.29, 1.82) is 0 Å². The van der Waals surface area contributed by atoms with Gasteiger partial charge >= 0.3 is 0 Å². The van der Waals surface area contributed by atoms with Crippen LogP contribution in [0.25, 0.3) is 16.3 Å². The summed E-state index contributed by atoms with van der Waals surface area (Å²) >= 11 is 3.21. The standard InChI is InChI=1S/C20H19N5OS2/c1-13-4-9-18(14(2)10-13)25-20(22-23-24-25)28-12-16-11-27-19(21-16)15-5-7-17(26-3)8-6-15/h4-11H,12H2,1-3H3. The summed E-state index contributed by atoms with van der Waals surface area (Å²) < 4.78 is 7.00. The summed E-state index contributed by atoms with van der Waals surface area (Å²) in [6.07, 6.45) is 0. The Morgan fingerprint density at radius 3 is 2.68 bits per heavy atom. The summed E-state index contributed by atoms with van der Waals surface area (Å²) in [7, 11) is 1.67. The molecule has 28 heavy (non-hydrogen) atoms. The summed E-state index contributed by atoms with van der Waals surface area (Å²) in [6.45, 7) is 4.15. The molecule has 0 aliphatic rings. The molecule has 0 fully saturated rings. The maximum absolute atomic E-state index is 5.21. The Kier molecular flexibility index (Phi) is 5.40. The number of thiazole rings is 1. The van der Waals surface area contributed by atoms with E-state index >= 15 is 0 Å². The highest BCUT2D eigenvalue weighted by Crippen LogP contribution is 2.29. The highest BCUT2D eigenvalue weighted by atomic mass is 32.2. The molecule has 0 bridgehead atoms. The molecule has 0 atom stereocenters. The molecule has 0 radical (unpaired) electrons. The molecule has 0 saturated heterocycles. The fraction of sp³-hybridized carbons (Fsp3) is 0.200. The third kappa shape index (κ3) is 3.93. The maximum atomic E-state index is 5.21. The second kappa shape index (κ2) is 8.12. The van der Waals surface area contributed by atoms with Gasteiger partial charge in [-0.05, 0) is 60.2 Å². The average Bonchev–Trinajstić information content (AvgIpc) is 3.36. The second-order valence-corrected chi connectivity index (χ2v) is 8.12. The van der Waals surface area contributed by atoms with Crippen LogP contribution in [0.1, 0.15) is 16.8 Å². The summed E-state index contributed by atoms with van der Waals surface area (Å²) in [5.41, 5.74) is 5.45. The van der Waals surface area contributed by atoms with Gasteiger partial charge in [-0.15, -0.1) is 16.4 Å². The summed E-state index contributed by atoms with van der Waals surface area (Å²) in [4.78, 5) is 4.75. The lowest BCUT2D eigenvalue weighted by atomic mass is 10.1. The first-order valence-corrected chi connectivity index (χ1v) is 10.6. The fourth-order valence-electron chi connectivity index (χ4n) is 2.84. The number of aryl methyl sites for hydroxylation is 2. The van der Waals surface area contributed by atoms with Crippen molar-refractivity contribution in [3.8, 4) is 22.0 Å². The molecule has 0 amide bonds. The minimum atomic E-state index is 0.706. The van der Waals surface area contributed by atoms with Gasteiger partial charge in [0.1, 0.15) is 10.8 Å². The van der Waals surface area contributed by atoms with Crippen LogP contribution in [0.3, 0.4) is 0 Å². The van der Waals surface area contributed by atoms with Crippen LogP contribution in [0.4, 0.5) is 0 Å². The number of benzene rings is 2. The van der Waals surface area contributed by atoms with Crippen LogP contribution >= 0.6 is 23.1 Å². The van der Waals surface area contributed by atoms with E-state index in [2.05, 4.69) is 53.0 Å². The Morgan fingerprint density at radius 1 is 1.11 bits per heavy atom. The number of hydrogen-bond donors (Lipinski definition) is 0. The Labute approximate surface area is 171 Å². The highest BCUT2D eigenvalue weighted by molar-refractivity contribution is 7.98. The molecule has 0 saturated carbocycles. The molecule has 0 aliphatic carbocycles. The van der Waals surface area contributed by atoms with E-state index in [0.29, 0.717) is 5.75 Å². The summed E-state index contributed by atoms with van der Waals surface area (Å²) in [5, 5.41) is 16.0. The van der Waals surface area contributed by atoms with Crippen molar-refractivity contribution in [2.75, 3.05) is 7.11 Å². The van der Waals surface area contributed by atoms with Crippen LogP contribution in [0.5, 0.6) is 5.75 Å². The molecule has 8 heteroatoms. The van der Waals surface area contributed by atoms with Gasteiger partial charge < -0.3 is 4.74 Å². The minimum absolute atomic E-state index is 0.706. The van der Waals surface area contributed by atoms with Gasteiger partial charge in [0.2, 0.25) is 5.16 Å². The Balaban J connectivity index is 1.49. The Hall–Kier alpha value is -2.71. The summed E-state index contributed by atoms with van der Waals surface area (Å²) in [5.74, 6) is 1.55. The first kappa shape index (κ1) is 18.6. The highest BCUT2D eigenvalue weighted by Gasteiger charge is 2.13. The van der Waals surface area contributed by atoms with Crippen molar-refractivity contribution in [3.63, 3.8) is 0 Å². The number of methoxy groups -OCH3 is 1. The van der Waals surface area contributed by atoms with Crippen LogP contribution in [0.2, 0.25) is 0 Å². The van der Waals surface area contributed by atoms with Gasteiger partial charge in [-0.25, -0.2) is 4.98 Å². The van der Waals surface area contributed by atoms with E-state index in [1.807, 2.05) is 24.3 Å². The van der Waals surface area contributed by atoms with Gasteiger partial charge in [0.25, 0.3) is 0 Å².